The van der Waals surface area contributed by atoms with Gasteiger partial charge in [-0.05, 0) is 49.3 Å². The van der Waals surface area contributed by atoms with Gasteiger partial charge in [0.25, 0.3) is 0 Å². The zero-order chi connectivity index (χ0) is 21.2. The summed E-state index contributed by atoms with van der Waals surface area (Å²) in [5.41, 5.74) is -1.39. The molecular formula is C22H22O7. The van der Waals surface area contributed by atoms with Gasteiger partial charge in [0.15, 0.2) is 17.2 Å². The van der Waals surface area contributed by atoms with E-state index in [1.54, 1.807) is 6.07 Å². The molecule has 0 amide bonds. The van der Waals surface area contributed by atoms with E-state index in [0.29, 0.717) is 18.4 Å². The molecule has 4 rings (SSSR count). The van der Waals surface area contributed by atoms with E-state index in [2.05, 4.69) is 0 Å². The van der Waals surface area contributed by atoms with Gasteiger partial charge in [0, 0.05) is 17.9 Å². The normalized spacial score (nSPS) is 28.8. The minimum Gasteiger partial charge on any atom is -0.511 e. The first kappa shape index (κ1) is 19.4. The molecule has 29 heavy (non-hydrogen) atoms. The number of phenols is 1. The highest BCUT2D eigenvalue weighted by molar-refractivity contribution is 6.25. The van der Waals surface area contributed by atoms with Crippen molar-refractivity contribution in [1.29, 1.82) is 0 Å². The van der Waals surface area contributed by atoms with Crippen LogP contribution < -0.4 is 0 Å². The van der Waals surface area contributed by atoms with Crippen molar-refractivity contribution in [2.45, 2.75) is 45.1 Å². The summed E-state index contributed by atoms with van der Waals surface area (Å²) in [7, 11) is 0. The van der Waals surface area contributed by atoms with Crippen LogP contribution in [-0.2, 0) is 22.4 Å². The minimum absolute atomic E-state index is 0.0811. The smallest absolute Gasteiger partial charge is 0.209 e. The zero-order valence-electron chi connectivity index (χ0n) is 16.2. The van der Waals surface area contributed by atoms with Crippen LogP contribution in [0.5, 0.6) is 5.75 Å². The molecule has 4 N–H and O–H groups in total. The number of hydrogen-bond donors (Lipinski definition) is 4. The van der Waals surface area contributed by atoms with Gasteiger partial charge in [-0.15, -0.1) is 0 Å². The van der Waals surface area contributed by atoms with E-state index in [-0.39, 0.29) is 29.7 Å². The first-order chi connectivity index (χ1) is 13.6. The van der Waals surface area contributed by atoms with Crippen molar-refractivity contribution in [1.82, 2.24) is 0 Å². The zero-order valence-corrected chi connectivity index (χ0v) is 16.2. The molecule has 3 atom stereocenters. The number of Topliss-reactive ketones (excluding diaryl/α,β-unsaturated/α-hetero) is 3. The summed E-state index contributed by atoms with van der Waals surface area (Å²) >= 11 is 0. The summed E-state index contributed by atoms with van der Waals surface area (Å²) < 4.78 is 0. The van der Waals surface area contributed by atoms with Gasteiger partial charge in [0.1, 0.15) is 22.8 Å². The molecule has 0 radical (unpaired) electrons. The third kappa shape index (κ3) is 2.43. The number of fused-ring (bicyclic) bond motifs is 3. The van der Waals surface area contributed by atoms with Crippen LogP contribution in [0, 0.1) is 11.8 Å². The Labute approximate surface area is 167 Å². The summed E-state index contributed by atoms with van der Waals surface area (Å²) in [6.45, 7) is 3.03. The molecule has 1 aromatic carbocycles. The van der Waals surface area contributed by atoms with Crippen LogP contribution in [-0.4, -0.2) is 43.4 Å². The summed E-state index contributed by atoms with van der Waals surface area (Å²) in [4.78, 5) is 37.9. The molecule has 0 bridgehead atoms. The number of aliphatic hydroxyl groups is 3. The maximum Gasteiger partial charge on any atom is 0.209 e. The van der Waals surface area contributed by atoms with Crippen molar-refractivity contribution in [3.8, 4) is 5.75 Å². The SMILES string of the molecule is CCc1ccc(O)c2c1CC1CC3CC(O)=C(C(C)=O)C(=O)C3(O)C(O)=C1C2=O. The number of benzene rings is 1. The predicted molar refractivity (Wildman–Crippen MR) is 102 cm³/mol. The average Bonchev–Trinajstić information content (AvgIpc) is 2.64. The average molecular weight is 398 g/mol. The van der Waals surface area contributed by atoms with Gasteiger partial charge in [0.05, 0.1) is 5.56 Å². The van der Waals surface area contributed by atoms with Crippen LogP contribution in [0.2, 0.25) is 0 Å². The van der Waals surface area contributed by atoms with Gasteiger partial charge >= 0.3 is 0 Å². The molecule has 0 saturated carbocycles. The summed E-state index contributed by atoms with van der Waals surface area (Å²) in [5, 5.41) is 42.6. The number of carbonyl (C=O) groups is 3. The molecule has 7 heteroatoms. The largest absolute Gasteiger partial charge is 0.511 e. The standard InChI is InChI=1S/C22H22O7/c1-3-10-4-5-14(24)18-13(10)7-11-6-12-8-15(25)16(9(2)23)20(27)22(12,29)21(28)17(11)19(18)26/h4-5,11-12,24-25,28-29H,3,6-8H2,1-2H3. The quantitative estimate of drug-likeness (QED) is 0.562. The Morgan fingerprint density at radius 2 is 1.86 bits per heavy atom. The molecule has 3 unspecified atom stereocenters. The highest BCUT2D eigenvalue weighted by Gasteiger charge is 2.59. The Bertz CT molecular complexity index is 1050. The third-order valence-electron chi connectivity index (χ3n) is 6.53. The molecule has 3 aliphatic rings. The number of hydrogen-bond acceptors (Lipinski definition) is 7. The number of phenolic OH excluding ortho intramolecular Hbond substituents is 1. The van der Waals surface area contributed by atoms with Gasteiger partial charge in [0.2, 0.25) is 5.78 Å². The molecule has 152 valence electrons. The second kappa shape index (κ2) is 6.29. The molecule has 0 saturated heterocycles. The van der Waals surface area contributed by atoms with Crippen molar-refractivity contribution in [2.24, 2.45) is 11.8 Å². The maximum atomic E-state index is 13.2. The lowest BCUT2D eigenvalue weighted by atomic mass is 9.60. The van der Waals surface area contributed by atoms with Crippen LogP contribution in [0.4, 0.5) is 0 Å². The molecule has 0 fully saturated rings. The van der Waals surface area contributed by atoms with Gasteiger partial charge in [-0.3, -0.25) is 14.4 Å². The van der Waals surface area contributed by atoms with Crippen LogP contribution in [0.1, 0.15) is 48.2 Å². The van der Waals surface area contributed by atoms with E-state index >= 15 is 0 Å². The van der Waals surface area contributed by atoms with E-state index in [4.69, 9.17) is 0 Å². The summed E-state index contributed by atoms with van der Waals surface area (Å²) in [6.07, 6.45) is 1.06. The van der Waals surface area contributed by atoms with Crippen molar-refractivity contribution in [3.63, 3.8) is 0 Å². The highest BCUT2D eigenvalue weighted by Crippen LogP contribution is 2.51. The van der Waals surface area contributed by atoms with Crippen molar-refractivity contribution in [2.75, 3.05) is 0 Å². The Morgan fingerprint density at radius 3 is 2.48 bits per heavy atom. The Hall–Kier alpha value is -2.93. The fraction of sp³-hybridized carbons (Fsp3) is 0.409. The number of ketones is 3. The van der Waals surface area contributed by atoms with Gasteiger partial charge in [-0.2, -0.15) is 0 Å². The van der Waals surface area contributed by atoms with Crippen molar-refractivity contribution < 1.29 is 34.8 Å². The van der Waals surface area contributed by atoms with Crippen LogP contribution in [0.3, 0.4) is 0 Å². The van der Waals surface area contributed by atoms with Crippen LogP contribution in [0.15, 0.2) is 34.8 Å². The molecule has 7 nitrogen and oxygen atoms in total. The van der Waals surface area contributed by atoms with Crippen LogP contribution in [0.25, 0.3) is 0 Å². The van der Waals surface area contributed by atoms with E-state index in [9.17, 15) is 34.8 Å². The number of rotatable bonds is 2. The lowest BCUT2D eigenvalue weighted by Crippen LogP contribution is -2.56. The van der Waals surface area contributed by atoms with Gasteiger partial charge < -0.3 is 20.4 Å². The number of aromatic hydroxyl groups is 1. The first-order valence-electron chi connectivity index (χ1n) is 9.65. The van der Waals surface area contributed by atoms with Gasteiger partial charge in [-0.25, -0.2) is 0 Å². The fourth-order valence-corrected chi connectivity index (χ4v) is 5.12. The van der Waals surface area contributed by atoms with E-state index < -0.39 is 51.9 Å². The van der Waals surface area contributed by atoms with Crippen LogP contribution >= 0.6 is 0 Å². The topological polar surface area (TPSA) is 132 Å². The molecule has 0 aromatic heterocycles. The molecule has 0 aliphatic heterocycles. The number of aliphatic hydroxyl groups excluding tert-OH is 2. The Morgan fingerprint density at radius 1 is 1.17 bits per heavy atom. The summed E-state index contributed by atoms with van der Waals surface area (Å²) in [5.74, 6) is -5.14. The summed E-state index contributed by atoms with van der Waals surface area (Å²) in [6, 6.07) is 3.18. The monoisotopic (exact) mass is 398 g/mol. The predicted octanol–water partition coefficient (Wildman–Crippen LogP) is 2.25. The molecule has 1 aromatic rings. The van der Waals surface area contributed by atoms with E-state index in [1.807, 2.05) is 6.92 Å². The number of allylic oxidation sites excluding steroid dienone is 2. The Balaban J connectivity index is 1.92. The molecule has 0 spiro atoms. The second-order valence-corrected chi connectivity index (χ2v) is 8.05. The fourth-order valence-electron chi connectivity index (χ4n) is 5.12. The van der Waals surface area contributed by atoms with Crippen molar-refractivity contribution in [3.05, 3.63) is 51.5 Å². The van der Waals surface area contributed by atoms with Gasteiger partial charge in [-0.1, -0.05) is 13.0 Å². The lowest BCUT2D eigenvalue weighted by molar-refractivity contribution is -0.144. The molecular weight excluding hydrogens is 376 g/mol. The Kier molecular flexibility index (Phi) is 4.20. The maximum absolute atomic E-state index is 13.2. The van der Waals surface area contributed by atoms with Crippen molar-refractivity contribution >= 4 is 17.3 Å². The first-order valence-corrected chi connectivity index (χ1v) is 9.65. The second-order valence-electron chi connectivity index (χ2n) is 8.05. The number of carbonyl (C=O) groups excluding carboxylic acids is 3. The lowest BCUT2D eigenvalue weighted by Gasteiger charge is -2.45. The minimum atomic E-state index is -2.44. The molecule has 3 aliphatic carbocycles. The van der Waals surface area contributed by atoms with E-state index in [1.165, 1.54) is 6.07 Å². The third-order valence-corrected chi connectivity index (χ3v) is 6.53. The van der Waals surface area contributed by atoms with E-state index in [0.717, 1.165) is 12.5 Å². The highest BCUT2D eigenvalue weighted by atomic mass is 16.3. The number of aryl methyl sites for hydroxylation is 1. The molecule has 0 heterocycles.